The van der Waals surface area contributed by atoms with Crippen molar-refractivity contribution in [3.05, 3.63) is 23.3 Å². The number of nitrogens with zero attached hydrogens (tertiary/aromatic N) is 1. The lowest BCUT2D eigenvalue weighted by atomic mass is 10.0. The lowest BCUT2D eigenvalue weighted by Gasteiger charge is -2.26. The third kappa shape index (κ3) is 3.03. The van der Waals surface area contributed by atoms with Gasteiger partial charge in [0.1, 0.15) is 5.75 Å². The van der Waals surface area contributed by atoms with Crippen LogP contribution in [-0.2, 0) is 0 Å². The molecule has 2 rings (SSSR count). The zero-order valence-corrected chi connectivity index (χ0v) is 12.8. The van der Waals surface area contributed by atoms with E-state index in [2.05, 4.69) is 43.2 Å². The molecule has 0 atom stereocenters. The van der Waals surface area contributed by atoms with Gasteiger partial charge in [-0.25, -0.2) is 0 Å². The van der Waals surface area contributed by atoms with Crippen LogP contribution in [0.4, 0.5) is 5.69 Å². The van der Waals surface area contributed by atoms with Crippen LogP contribution in [0, 0.1) is 19.3 Å². The monoisotopic (exact) mass is 262 g/mol. The standard InChI is InChI=1S/C16H26N2O/c1-12-8-14(9-13(2)15(12)19-5)18(4)11-16(6-7-16)10-17-3/h8-9,17H,6-7,10-11H2,1-5H3. The van der Waals surface area contributed by atoms with Gasteiger partial charge in [0, 0.05) is 31.2 Å². The molecule has 0 radical (unpaired) electrons. The van der Waals surface area contributed by atoms with Crippen molar-refractivity contribution in [2.24, 2.45) is 5.41 Å². The molecule has 1 aromatic carbocycles. The summed E-state index contributed by atoms with van der Waals surface area (Å²) in [6.07, 6.45) is 2.68. The maximum Gasteiger partial charge on any atom is 0.124 e. The second-order valence-electron chi connectivity index (χ2n) is 6.00. The maximum atomic E-state index is 5.43. The molecule has 1 aliphatic carbocycles. The van der Waals surface area contributed by atoms with Gasteiger partial charge in [0.25, 0.3) is 0 Å². The van der Waals surface area contributed by atoms with Crippen molar-refractivity contribution in [3.63, 3.8) is 0 Å². The minimum absolute atomic E-state index is 0.491. The molecule has 0 aromatic heterocycles. The van der Waals surface area contributed by atoms with Crippen LogP contribution in [0.3, 0.4) is 0 Å². The first kappa shape index (κ1) is 14.2. The molecule has 1 aromatic rings. The normalized spacial score (nSPS) is 16.3. The zero-order chi connectivity index (χ0) is 14.0. The highest BCUT2D eigenvalue weighted by atomic mass is 16.5. The number of aryl methyl sites for hydroxylation is 2. The van der Waals surface area contributed by atoms with Gasteiger partial charge >= 0.3 is 0 Å². The second kappa shape index (κ2) is 5.41. The molecule has 1 aliphatic rings. The van der Waals surface area contributed by atoms with E-state index in [9.17, 15) is 0 Å². The third-order valence-corrected chi connectivity index (χ3v) is 4.17. The molecule has 0 saturated heterocycles. The van der Waals surface area contributed by atoms with Gasteiger partial charge in [0.15, 0.2) is 0 Å². The minimum atomic E-state index is 0.491. The molecule has 19 heavy (non-hydrogen) atoms. The Morgan fingerprint density at radius 1 is 1.26 bits per heavy atom. The summed E-state index contributed by atoms with van der Waals surface area (Å²) in [6.45, 7) is 6.47. The van der Waals surface area contributed by atoms with Gasteiger partial charge in [-0.1, -0.05) is 0 Å². The number of rotatable bonds is 6. The molecule has 0 aliphatic heterocycles. The van der Waals surface area contributed by atoms with E-state index in [1.54, 1.807) is 7.11 Å². The molecule has 3 heteroatoms. The quantitative estimate of drug-likeness (QED) is 0.853. The van der Waals surface area contributed by atoms with Gasteiger partial charge < -0.3 is 15.0 Å². The van der Waals surface area contributed by atoms with Crippen LogP contribution in [0.5, 0.6) is 5.75 Å². The Hall–Kier alpha value is -1.22. The number of anilines is 1. The lowest BCUT2D eigenvalue weighted by molar-refractivity contribution is 0.408. The smallest absolute Gasteiger partial charge is 0.124 e. The first-order valence-electron chi connectivity index (χ1n) is 7.02. The molecule has 3 nitrogen and oxygen atoms in total. The van der Waals surface area contributed by atoms with Crippen molar-refractivity contribution in [1.29, 1.82) is 0 Å². The molecule has 1 N–H and O–H groups in total. The van der Waals surface area contributed by atoms with Crippen LogP contribution in [0.2, 0.25) is 0 Å². The van der Waals surface area contributed by atoms with Crippen LogP contribution in [-0.4, -0.2) is 34.3 Å². The Morgan fingerprint density at radius 2 is 1.84 bits per heavy atom. The van der Waals surface area contributed by atoms with E-state index in [4.69, 9.17) is 4.74 Å². The molecule has 0 amide bonds. The highest BCUT2D eigenvalue weighted by Crippen LogP contribution is 2.46. The molecule has 0 bridgehead atoms. The van der Waals surface area contributed by atoms with Crippen molar-refractivity contribution in [2.75, 3.05) is 39.2 Å². The first-order valence-corrected chi connectivity index (χ1v) is 7.02. The van der Waals surface area contributed by atoms with Crippen LogP contribution >= 0.6 is 0 Å². The SMILES string of the molecule is CNCC1(CN(C)c2cc(C)c(OC)c(C)c2)CC1. The van der Waals surface area contributed by atoms with Gasteiger partial charge in [-0.3, -0.25) is 0 Å². The summed E-state index contributed by atoms with van der Waals surface area (Å²) in [5.41, 5.74) is 4.20. The first-order chi connectivity index (χ1) is 9.01. The van der Waals surface area contributed by atoms with Gasteiger partial charge in [0.2, 0.25) is 0 Å². The van der Waals surface area contributed by atoms with Gasteiger partial charge in [-0.15, -0.1) is 0 Å². The zero-order valence-electron chi connectivity index (χ0n) is 12.8. The van der Waals surface area contributed by atoms with Gasteiger partial charge in [-0.2, -0.15) is 0 Å². The van der Waals surface area contributed by atoms with E-state index in [-0.39, 0.29) is 0 Å². The number of methoxy groups -OCH3 is 1. The van der Waals surface area contributed by atoms with Crippen molar-refractivity contribution < 1.29 is 4.74 Å². The van der Waals surface area contributed by atoms with Gasteiger partial charge in [0.05, 0.1) is 7.11 Å². The summed E-state index contributed by atoms with van der Waals surface area (Å²) in [5, 5.41) is 3.32. The molecule has 1 fully saturated rings. The number of benzene rings is 1. The van der Waals surface area contributed by atoms with Crippen LogP contribution in [0.25, 0.3) is 0 Å². The van der Waals surface area contributed by atoms with E-state index in [1.165, 1.54) is 29.7 Å². The van der Waals surface area contributed by atoms with E-state index >= 15 is 0 Å². The van der Waals surface area contributed by atoms with E-state index in [0.717, 1.165) is 18.8 Å². The molecular formula is C16H26N2O. The Kier molecular flexibility index (Phi) is 4.04. The summed E-state index contributed by atoms with van der Waals surface area (Å²) < 4.78 is 5.43. The predicted molar refractivity (Wildman–Crippen MR) is 81.3 cm³/mol. The topological polar surface area (TPSA) is 24.5 Å². The Labute approximate surface area is 116 Å². The van der Waals surface area contributed by atoms with Crippen molar-refractivity contribution in [2.45, 2.75) is 26.7 Å². The molecule has 0 unspecified atom stereocenters. The summed E-state index contributed by atoms with van der Waals surface area (Å²) >= 11 is 0. The maximum absolute atomic E-state index is 5.43. The Bertz CT molecular complexity index is 429. The van der Waals surface area contributed by atoms with Crippen molar-refractivity contribution in [3.8, 4) is 5.75 Å². The van der Waals surface area contributed by atoms with Crippen LogP contribution < -0.4 is 15.0 Å². The fourth-order valence-electron chi connectivity index (χ4n) is 3.01. The lowest BCUT2D eigenvalue weighted by Crippen LogP contribution is -2.32. The molecule has 0 heterocycles. The molecule has 0 spiro atoms. The molecule has 1 saturated carbocycles. The average molecular weight is 262 g/mol. The van der Waals surface area contributed by atoms with Gasteiger partial charge in [-0.05, 0) is 57.0 Å². The third-order valence-electron chi connectivity index (χ3n) is 4.17. The van der Waals surface area contributed by atoms with E-state index < -0.39 is 0 Å². The van der Waals surface area contributed by atoms with Crippen LogP contribution in [0.1, 0.15) is 24.0 Å². The summed E-state index contributed by atoms with van der Waals surface area (Å²) in [7, 11) is 5.98. The largest absolute Gasteiger partial charge is 0.496 e. The highest BCUT2D eigenvalue weighted by Gasteiger charge is 2.42. The molecular weight excluding hydrogens is 236 g/mol. The van der Waals surface area contributed by atoms with Crippen LogP contribution in [0.15, 0.2) is 12.1 Å². The Balaban J connectivity index is 2.13. The summed E-state index contributed by atoms with van der Waals surface area (Å²) in [6, 6.07) is 4.45. The van der Waals surface area contributed by atoms with E-state index in [1.807, 2.05) is 7.05 Å². The average Bonchev–Trinajstić information content (AvgIpc) is 3.08. The fraction of sp³-hybridized carbons (Fsp3) is 0.625. The number of nitrogens with one attached hydrogen (secondary N) is 1. The summed E-state index contributed by atoms with van der Waals surface area (Å²) in [4.78, 5) is 2.38. The number of hydrogen-bond donors (Lipinski definition) is 1. The Morgan fingerprint density at radius 3 is 2.26 bits per heavy atom. The minimum Gasteiger partial charge on any atom is -0.496 e. The fourth-order valence-corrected chi connectivity index (χ4v) is 3.01. The number of hydrogen-bond acceptors (Lipinski definition) is 3. The van der Waals surface area contributed by atoms with Crippen molar-refractivity contribution >= 4 is 5.69 Å². The summed E-state index contributed by atoms with van der Waals surface area (Å²) in [5.74, 6) is 1.01. The molecule has 106 valence electrons. The number of ether oxygens (including phenoxy) is 1. The van der Waals surface area contributed by atoms with Crippen molar-refractivity contribution in [1.82, 2.24) is 5.32 Å². The highest BCUT2D eigenvalue weighted by molar-refractivity contribution is 5.56. The predicted octanol–water partition coefficient (Wildman–Crippen LogP) is 2.75. The van der Waals surface area contributed by atoms with E-state index in [0.29, 0.717) is 5.41 Å². The second-order valence-corrected chi connectivity index (χ2v) is 6.00.